The van der Waals surface area contributed by atoms with Crippen LogP contribution in [0, 0.1) is 5.82 Å². The third-order valence-electron chi connectivity index (χ3n) is 3.13. The smallest absolute Gasteiger partial charge is 0.170 e. The van der Waals surface area contributed by atoms with E-state index in [2.05, 4.69) is 27.0 Å². The molecule has 0 saturated carbocycles. The molecule has 1 aromatic heterocycles. The van der Waals surface area contributed by atoms with E-state index in [0.29, 0.717) is 17.3 Å². The van der Waals surface area contributed by atoms with Crippen LogP contribution in [0.4, 0.5) is 10.1 Å². The molecule has 2 N–H and O–H groups in total. The third kappa shape index (κ3) is 4.64. The minimum Gasteiger partial charge on any atom is -0.360 e. The number of likely N-dealkylation sites (N-methyl/N-ethyl adjacent to an activating group) is 1. The van der Waals surface area contributed by atoms with E-state index in [9.17, 15) is 4.39 Å². The molecule has 1 unspecified atom stereocenters. The Hall–Kier alpha value is -1.21. The molecule has 0 radical (unpaired) electrons. The van der Waals surface area contributed by atoms with Crippen LogP contribution in [0.15, 0.2) is 35.7 Å². The molecule has 118 valence electrons. The highest BCUT2D eigenvalue weighted by Gasteiger charge is 2.15. The number of nitrogens with one attached hydrogen (secondary N) is 2. The van der Waals surface area contributed by atoms with Gasteiger partial charge in [-0.25, -0.2) is 4.39 Å². The summed E-state index contributed by atoms with van der Waals surface area (Å²) in [4.78, 5) is 3.40. The molecule has 1 heterocycles. The highest BCUT2D eigenvalue weighted by molar-refractivity contribution is 7.80. The lowest BCUT2D eigenvalue weighted by molar-refractivity contribution is 0.303. The molecule has 0 bridgehead atoms. The van der Waals surface area contributed by atoms with Crippen molar-refractivity contribution in [2.24, 2.45) is 0 Å². The van der Waals surface area contributed by atoms with Crippen LogP contribution >= 0.6 is 35.2 Å². The standard InChI is InChI=1S/C15H17ClFN3S2/c1-20(2)13(14-4-3-7-22-14)9-18-15(21)19-10-5-6-12(17)11(16)8-10/h3-8,13H,9H2,1-2H3,(H2,18,19,21). The fraction of sp³-hybridized carbons (Fsp3) is 0.267. The second kappa shape index (κ2) is 7.87. The van der Waals surface area contributed by atoms with Crippen molar-refractivity contribution in [3.05, 3.63) is 51.4 Å². The van der Waals surface area contributed by atoms with E-state index in [4.69, 9.17) is 23.8 Å². The van der Waals surface area contributed by atoms with Crippen LogP contribution < -0.4 is 10.6 Å². The van der Waals surface area contributed by atoms with E-state index in [-0.39, 0.29) is 11.1 Å². The van der Waals surface area contributed by atoms with Gasteiger partial charge in [0.05, 0.1) is 11.1 Å². The fourth-order valence-corrected chi connectivity index (χ4v) is 3.26. The largest absolute Gasteiger partial charge is 0.360 e. The first-order valence-corrected chi connectivity index (χ1v) is 8.33. The zero-order valence-corrected chi connectivity index (χ0v) is 14.7. The maximum Gasteiger partial charge on any atom is 0.170 e. The second-order valence-corrected chi connectivity index (χ2v) is 6.75. The number of nitrogens with zero attached hydrogens (tertiary/aromatic N) is 1. The van der Waals surface area contributed by atoms with Crippen LogP contribution in [0.2, 0.25) is 5.02 Å². The van der Waals surface area contributed by atoms with E-state index >= 15 is 0 Å². The van der Waals surface area contributed by atoms with Crippen LogP contribution in [0.1, 0.15) is 10.9 Å². The van der Waals surface area contributed by atoms with Crippen LogP contribution in [0.5, 0.6) is 0 Å². The van der Waals surface area contributed by atoms with Crippen molar-refractivity contribution in [1.82, 2.24) is 10.2 Å². The lowest BCUT2D eigenvalue weighted by Crippen LogP contribution is -2.36. The van der Waals surface area contributed by atoms with Gasteiger partial charge < -0.3 is 15.5 Å². The zero-order chi connectivity index (χ0) is 16.1. The lowest BCUT2D eigenvalue weighted by atomic mass is 10.2. The van der Waals surface area contributed by atoms with Gasteiger partial charge in [-0.3, -0.25) is 0 Å². The molecule has 0 aliphatic carbocycles. The molecule has 2 rings (SSSR count). The molecule has 0 saturated heterocycles. The highest BCUT2D eigenvalue weighted by Crippen LogP contribution is 2.22. The summed E-state index contributed by atoms with van der Waals surface area (Å²) in [5, 5.41) is 8.79. The quantitative estimate of drug-likeness (QED) is 0.787. The topological polar surface area (TPSA) is 27.3 Å². The Bertz CT molecular complexity index is 632. The normalized spacial score (nSPS) is 12.2. The molecule has 0 fully saturated rings. The van der Waals surface area contributed by atoms with Crippen molar-refractivity contribution in [2.75, 3.05) is 26.0 Å². The zero-order valence-electron chi connectivity index (χ0n) is 12.3. The van der Waals surface area contributed by atoms with Crippen LogP contribution in [0.25, 0.3) is 0 Å². The monoisotopic (exact) mass is 357 g/mol. The van der Waals surface area contributed by atoms with Gasteiger partial charge in [0.2, 0.25) is 0 Å². The molecule has 7 heteroatoms. The summed E-state index contributed by atoms with van der Waals surface area (Å²) in [5.74, 6) is -0.448. The van der Waals surface area contributed by atoms with Gasteiger partial charge in [-0.05, 0) is 56.0 Å². The first kappa shape index (κ1) is 17.1. The van der Waals surface area contributed by atoms with Crippen molar-refractivity contribution in [1.29, 1.82) is 0 Å². The van der Waals surface area contributed by atoms with Gasteiger partial charge in [0.25, 0.3) is 0 Å². The number of anilines is 1. The van der Waals surface area contributed by atoms with Gasteiger partial charge in [0.1, 0.15) is 5.82 Å². The van der Waals surface area contributed by atoms with E-state index < -0.39 is 5.82 Å². The van der Waals surface area contributed by atoms with E-state index in [1.54, 1.807) is 17.4 Å². The maximum atomic E-state index is 13.1. The fourth-order valence-electron chi connectivity index (χ4n) is 1.96. The minimum absolute atomic E-state index is 0.0672. The molecule has 0 amide bonds. The predicted octanol–water partition coefficient (Wildman–Crippen LogP) is 4.13. The molecular formula is C15H17ClFN3S2. The minimum atomic E-state index is -0.448. The molecular weight excluding hydrogens is 341 g/mol. The molecule has 1 aromatic carbocycles. The Morgan fingerprint density at radius 3 is 2.77 bits per heavy atom. The number of rotatable bonds is 5. The summed E-state index contributed by atoms with van der Waals surface area (Å²) in [6, 6.07) is 8.78. The van der Waals surface area contributed by atoms with Crippen molar-refractivity contribution in [3.63, 3.8) is 0 Å². The van der Waals surface area contributed by atoms with Crippen molar-refractivity contribution >= 4 is 46.0 Å². The second-order valence-electron chi connectivity index (χ2n) is 4.96. The number of benzene rings is 1. The van der Waals surface area contributed by atoms with Gasteiger partial charge in [-0.2, -0.15) is 0 Å². The average molecular weight is 358 g/mol. The van der Waals surface area contributed by atoms with Crippen molar-refractivity contribution in [3.8, 4) is 0 Å². The Morgan fingerprint density at radius 2 is 2.18 bits per heavy atom. The summed E-state index contributed by atoms with van der Waals surface area (Å²) >= 11 is 12.7. The first-order chi connectivity index (χ1) is 10.5. The van der Waals surface area contributed by atoms with Crippen molar-refractivity contribution < 1.29 is 4.39 Å². The van der Waals surface area contributed by atoms with Gasteiger partial charge >= 0.3 is 0 Å². The highest BCUT2D eigenvalue weighted by atomic mass is 35.5. The Kier molecular flexibility index (Phi) is 6.14. The first-order valence-electron chi connectivity index (χ1n) is 6.67. The van der Waals surface area contributed by atoms with Gasteiger partial charge in [0.15, 0.2) is 5.11 Å². The van der Waals surface area contributed by atoms with E-state index in [1.807, 2.05) is 20.2 Å². The summed E-state index contributed by atoms with van der Waals surface area (Å²) in [6.45, 7) is 0.675. The Labute approximate surface area is 144 Å². The summed E-state index contributed by atoms with van der Waals surface area (Å²) in [7, 11) is 4.06. The van der Waals surface area contributed by atoms with Crippen LogP contribution in [0.3, 0.4) is 0 Å². The average Bonchev–Trinajstić information content (AvgIpc) is 2.97. The van der Waals surface area contributed by atoms with Crippen molar-refractivity contribution in [2.45, 2.75) is 6.04 Å². The summed E-state index contributed by atoms with van der Waals surface area (Å²) in [5.41, 5.74) is 0.654. The molecule has 22 heavy (non-hydrogen) atoms. The number of hydrogen-bond donors (Lipinski definition) is 2. The molecule has 0 spiro atoms. The number of thiocarbonyl (C=S) groups is 1. The molecule has 0 aliphatic rings. The lowest BCUT2D eigenvalue weighted by Gasteiger charge is -2.24. The third-order valence-corrected chi connectivity index (χ3v) is 4.64. The summed E-state index contributed by atoms with van der Waals surface area (Å²) in [6.07, 6.45) is 0. The number of thiophene rings is 1. The number of hydrogen-bond acceptors (Lipinski definition) is 3. The maximum absolute atomic E-state index is 13.1. The van der Waals surface area contributed by atoms with Crippen LogP contribution in [-0.4, -0.2) is 30.7 Å². The molecule has 0 aliphatic heterocycles. The van der Waals surface area contributed by atoms with Gasteiger partial charge in [-0.15, -0.1) is 11.3 Å². The molecule has 2 aromatic rings. The predicted molar refractivity (Wildman–Crippen MR) is 96.4 cm³/mol. The van der Waals surface area contributed by atoms with Gasteiger partial charge in [-0.1, -0.05) is 17.7 Å². The SMILES string of the molecule is CN(C)C(CNC(=S)Nc1ccc(F)c(Cl)c1)c1cccs1. The van der Waals surface area contributed by atoms with E-state index in [1.165, 1.54) is 17.0 Å². The summed E-state index contributed by atoms with van der Waals surface area (Å²) < 4.78 is 13.1. The van der Waals surface area contributed by atoms with Crippen LogP contribution in [-0.2, 0) is 0 Å². The number of halogens is 2. The Balaban J connectivity index is 1.92. The molecule has 1 atom stereocenters. The Morgan fingerprint density at radius 1 is 1.41 bits per heavy atom. The van der Waals surface area contributed by atoms with Gasteiger partial charge in [0, 0.05) is 17.1 Å². The van der Waals surface area contributed by atoms with E-state index in [0.717, 1.165) is 0 Å². The molecule has 3 nitrogen and oxygen atoms in total.